The fourth-order valence-corrected chi connectivity index (χ4v) is 4.92. The van der Waals surface area contributed by atoms with Crippen LogP contribution >= 0.6 is 0 Å². The molecule has 0 spiro atoms. The minimum atomic E-state index is -2.49. The van der Waals surface area contributed by atoms with Crippen LogP contribution in [0.3, 0.4) is 0 Å². The Balaban J connectivity index is 1.62. The van der Waals surface area contributed by atoms with Gasteiger partial charge in [0.05, 0.1) is 22.6 Å². The Morgan fingerprint density at radius 3 is 2.43 bits per heavy atom. The van der Waals surface area contributed by atoms with Gasteiger partial charge >= 0.3 is 0 Å². The van der Waals surface area contributed by atoms with E-state index in [4.69, 9.17) is 0 Å². The number of anilines is 3. The number of fused-ring (bicyclic) bond motifs is 1. The summed E-state index contributed by atoms with van der Waals surface area (Å²) in [5, 5.41) is 0. The molecular weight excluding hydrogens is 377 g/mol. The summed E-state index contributed by atoms with van der Waals surface area (Å²) in [5.41, 5.74) is 3.40. The first-order chi connectivity index (χ1) is 13.6. The Morgan fingerprint density at radius 1 is 1.11 bits per heavy atom. The number of rotatable bonds is 5. The molecule has 0 aliphatic carbocycles. The third-order valence-electron chi connectivity index (χ3n) is 5.89. The first-order valence-corrected chi connectivity index (χ1v) is 10.9. The Bertz CT molecular complexity index is 853. The molecule has 1 atom stereocenters. The lowest BCUT2D eigenvalue weighted by Gasteiger charge is -2.38. The molecule has 0 amide bonds. The Morgan fingerprint density at radius 2 is 1.79 bits per heavy atom. The topological polar surface area (TPSA) is 49.8 Å². The molecule has 4 rings (SSSR count). The van der Waals surface area contributed by atoms with Crippen molar-refractivity contribution in [3.05, 3.63) is 53.8 Å². The summed E-state index contributed by atoms with van der Waals surface area (Å²) in [4.78, 5) is 4.92. The number of likely N-dealkylation sites (tertiary alicyclic amines) is 1. The van der Waals surface area contributed by atoms with Gasteiger partial charge in [-0.2, -0.15) is 0 Å². The molecule has 0 N–H and O–H groups in total. The average Bonchev–Trinajstić information content (AvgIpc) is 3.13. The van der Waals surface area contributed by atoms with Crippen LogP contribution < -0.4 is 9.21 Å². The van der Waals surface area contributed by atoms with E-state index in [9.17, 15) is 13.2 Å². The Hall–Kier alpha value is -1.96. The third-order valence-corrected chi connectivity index (χ3v) is 6.61. The van der Waals surface area contributed by atoms with Crippen LogP contribution in [0.4, 0.5) is 21.5 Å². The van der Waals surface area contributed by atoms with E-state index in [2.05, 4.69) is 16.7 Å². The largest absolute Gasteiger partial charge is 0.755 e. The van der Waals surface area contributed by atoms with Crippen molar-refractivity contribution in [2.45, 2.75) is 32.2 Å². The van der Waals surface area contributed by atoms with E-state index in [0.717, 1.165) is 51.1 Å². The molecule has 7 heteroatoms. The van der Waals surface area contributed by atoms with Gasteiger partial charge in [0.15, 0.2) is 0 Å². The van der Waals surface area contributed by atoms with Gasteiger partial charge in [-0.25, -0.2) is 4.39 Å². The third kappa shape index (κ3) is 3.79. The molecule has 2 aromatic carbocycles. The van der Waals surface area contributed by atoms with E-state index >= 15 is 0 Å². The van der Waals surface area contributed by atoms with Crippen molar-refractivity contribution in [1.82, 2.24) is 4.90 Å². The summed E-state index contributed by atoms with van der Waals surface area (Å²) >= 11 is -2.49. The maximum Gasteiger partial charge on any atom is 0.123 e. The average molecular weight is 403 g/mol. The minimum Gasteiger partial charge on any atom is -0.755 e. The molecule has 0 bridgehead atoms. The second kappa shape index (κ2) is 8.19. The van der Waals surface area contributed by atoms with Gasteiger partial charge in [-0.05, 0) is 67.8 Å². The second-order valence-corrected chi connectivity index (χ2v) is 8.21. The lowest BCUT2D eigenvalue weighted by molar-refractivity contribution is 0.219. The van der Waals surface area contributed by atoms with Crippen molar-refractivity contribution in [1.29, 1.82) is 0 Å². The van der Waals surface area contributed by atoms with Crippen molar-refractivity contribution >= 4 is 28.3 Å². The number of hydrogen-bond donors (Lipinski definition) is 0. The van der Waals surface area contributed by atoms with Gasteiger partial charge in [0.1, 0.15) is 5.82 Å². The SMILES string of the molecule is CCN1CCC(N2CCc3ccc(N(c4ccc(F)cc4)S(=O)[O-])cc32)CC1. The van der Waals surface area contributed by atoms with Crippen LogP contribution in [0.2, 0.25) is 0 Å². The number of nitrogens with zero attached hydrogens (tertiary/aromatic N) is 3. The fraction of sp³-hybridized carbons (Fsp3) is 0.429. The Labute approximate surface area is 168 Å². The van der Waals surface area contributed by atoms with E-state index in [1.54, 1.807) is 0 Å². The molecule has 0 radical (unpaired) electrons. The standard InChI is InChI=1S/C21H26FN3O2S/c1-2-23-12-10-18(11-13-23)24-14-9-16-3-6-20(15-21(16)24)25(28(26)27)19-7-4-17(22)5-8-19/h3-8,15,18H,2,9-14H2,1H3,(H,26,27)/p-1. The molecule has 150 valence electrons. The van der Waals surface area contributed by atoms with Crippen molar-refractivity contribution in [3.8, 4) is 0 Å². The van der Waals surface area contributed by atoms with Crippen LogP contribution in [-0.2, 0) is 17.7 Å². The van der Waals surface area contributed by atoms with Crippen LogP contribution in [0.5, 0.6) is 0 Å². The molecule has 1 saturated heterocycles. The van der Waals surface area contributed by atoms with Crippen molar-refractivity contribution in [2.24, 2.45) is 0 Å². The highest BCUT2D eigenvalue weighted by molar-refractivity contribution is 7.81. The highest BCUT2D eigenvalue weighted by Crippen LogP contribution is 2.37. The first-order valence-electron chi connectivity index (χ1n) is 9.84. The van der Waals surface area contributed by atoms with E-state index < -0.39 is 11.3 Å². The van der Waals surface area contributed by atoms with Crippen molar-refractivity contribution in [2.75, 3.05) is 35.4 Å². The zero-order valence-corrected chi connectivity index (χ0v) is 16.8. The van der Waals surface area contributed by atoms with E-state index in [1.165, 1.54) is 34.1 Å². The molecule has 0 aromatic heterocycles. The number of piperidine rings is 1. The van der Waals surface area contributed by atoms with Crippen LogP contribution in [0.1, 0.15) is 25.3 Å². The summed E-state index contributed by atoms with van der Waals surface area (Å²) in [6.07, 6.45) is 3.25. The maximum absolute atomic E-state index is 13.3. The molecule has 2 aliphatic rings. The maximum atomic E-state index is 13.3. The predicted molar refractivity (Wildman–Crippen MR) is 110 cm³/mol. The number of benzene rings is 2. The molecule has 28 heavy (non-hydrogen) atoms. The van der Waals surface area contributed by atoms with E-state index in [0.29, 0.717) is 17.4 Å². The second-order valence-electron chi connectivity index (χ2n) is 7.41. The van der Waals surface area contributed by atoms with E-state index in [-0.39, 0.29) is 5.82 Å². The van der Waals surface area contributed by atoms with Gasteiger partial charge < -0.3 is 14.4 Å². The normalized spacial score (nSPS) is 18.9. The summed E-state index contributed by atoms with van der Waals surface area (Å²) < 4.78 is 38.4. The molecule has 2 aliphatic heterocycles. The summed E-state index contributed by atoms with van der Waals surface area (Å²) in [6, 6.07) is 11.8. The molecule has 1 unspecified atom stereocenters. The zero-order valence-electron chi connectivity index (χ0n) is 16.0. The molecule has 0 saturated carbocycles. The van der Waals surface area contributed by atoms with Crippen molar-refractivity contribution < 1.29 is 13.2 Å². The van der Waals surface area contributed by atoms with Crippen LogP contribution in [0.25, 0.3) is 0 Å². The summed E-state index contributed by atoms with van der Waals surface area (Å²) in [6.45, 7) is 6.49. The molecule has 2 aromatic rings. The van der Waals surface area contributed by atoms with E-state index in [1.807, 2.05) is 18.2 Å². The zero-order chi connectivity index (χ0) is 19.7. The summed E-state index contributed by atoms with van der Waals surface area (Å²) in [5.74, 6) is -0.390. The predicted octanol–water partition coefficient (Wildman–Crippen LogP) is 3.60. The van der Waals surface area contributed by atoms with Gasteiger partial charge in [-0.15, -0.1) is 0 Å². The molecule has 2 heterocycles. The van der Waals surface area contributed by atoms with Gasteiger partial charge in [0, 0.05) is 31.4 Å². The lowest BCUT2D eigenvalue weighted by Crippen LogP contribution is -2.44. The molecule has 5 nitrogen and oxygen atoms in total. The quantitative estimate of drug-likeness (QED) is 0.717. The lowest BCUT2D eigenvalue weighted by atomic mass is 10.0. The fourth-order valence-electron chi connectivity index (χ4n) is 4.34. The van der Waals surface area contributed by atoms with Gasteiger partial charge in [0.2, 0.25) is 0 Å². The van der Waals surface area contributed by atoms with Gasteiger partial charge in [0.25, 0.3) is 0 Å². The monoisotopic (exact) mass is 402 g/mol. The Kier molecular flexibility index (Phi) is 5.66. The highest BCUT2D eigenvalue weighted by Gasteiger charge is 2.29. The highest BCUT2D eigenvalue weighted by atomic mass is 32.2. The molecular formula is C21H25FN3O2S-. The number of halogens is 1. The first kappa shape index (κ1) is 19.4. The smallest absolute Gasteiger partial charge is 0.123 e. The van der Waals surface area contributed by atoms with Crippen LogP contribution in [-0.4, -0.2) is 45.9 Å². The van der Waals surface area contributed by atoms with Crippen molar-refractivity contribution in [3.63, 3.8) is 0 Å². The van der Waals surface area contributed by atoms with Crippen LogP contribution in [0, 0.1) is 5.82 Å². The van der Waals surface area contributed by atoms with Crippen LogP contribution in [0.15, 0.2) is 42.5 Å². The minimum absolute atomic E-state index is 0.390. The summed E-state index contributed by atoms with van der Waals surface area (Å²) in [7, 11) is 0. The molecule has 1 fully saturated rings. The van der Waals surface area contributed by atoms with Gasteiger partial charge in [-0.3, -0.25) is 8.51 Å². The van der Waals surface area contributed by atoms with Gasteiger partial charge in [-0.1, -0.05) is 13.0 Å². The number of hydrogen-bond acceptors (Lipinski definition) is 4.